The summed E-state index contributed by atoms with van der Waals surface area (Å²) in [7, 11) is 0. The molecule has 2 amide bonds. The van der Waals surface area contributed by atoms with Crippen molar-refractivity contribution in [2.45, 2.75) is 19.9 Å². The Morgan fingerprint density at radius 2 is 1.83 bits per heavy atom. The molecule has 1 aliphatic rings. The fraction of sp³-hybridized carbons (Fsp3) is 0.286. The van der Waals surface area contributed by atoms with Crippen molar-refractivity contribution in [2.75, 3.05) is 16.3 Å². The standard InChI is InChI=1S/C14H16N2O2/c1-4-12-9-15(10(2)17)13-7-5-6-8-14(13)16(12)11(3)18/h4-8,12H,1,9H2,2-3H3. The SMILES string of the molecule is C=CC1CN(C(C)=O)c2ccccc2N1C(C)=O. The van der Waals surface area contributed by atoms with Gasteiger partial charge in [-0.05, 0) is 12.1 Å². The fourth-order valence-corrected chi connectivity index (χ4v) is 2.32. The maximum Gasteiger partial charge on any atom is 0.224 e. The van der Waals surface area contributed by atoms with Crippen LogP contribution in [0.2, 0.25) is 0 Å². The molecule has 0 saturated heterocycles. The van der Waals surface area contributed by atoms with Crippen molar-refractivity contribution < 1.29 is 9.59 Å². The highest BCUT2D eigenvalue weighted by Crippen LogP contribution is 2.35. The summed E-state index contributed by atoms with van der Waals surface area (Å²) >= 11 is 0. The van der Waals surface area contributed by atoms with Crippen LogP contribution >= 0.6 is 0 Å². The number of para-hydroxylation sites is 2. The average Bonchev–Trinajstić information content (AvgIpc) is 2.35. The number of amides is 2. The fourth-order valence-electron chi connectivity index (χ4n) is 2.32. The van der Waals surface area contributed by atoms with Crippen LogP contribution in [0, 0.1) is 0 Å². The van der Waals surface area contributed by atoms with Gasteiger partial charge in [-0.3, -0.25) is 9.59 Å². The van der Waals surface area contributed by atoms with Gasteiger partial charge < -0.3 is 9.80 Å². The summed E-state index contributed by atoms with van der Waals surface area (Å²) in [6, 6.07) is 7.25. The first-order valence-electron chi connectivity index (χ1n) is 5.85. The van der Waals surface area contributed by atoms with Crippen molar-refractivity contribution in [3.8, 4) is 0 Å². The molecule has 0 fully saturated rings. The van der Waals surface area contributed by atoms with E-state index in [1.54, 1.807) is 15.9 Å². The Morgan fingerprint density at radius 1 is 1.22 bits per heavy atom. The summed E-state index contributed by atoms with van der Waals surface area (Å²) in [6.45, 7) is 7.26. The Balaban J connectivity index is 2.58. The summed E-state index contributed by atoms with van der Waals surface area (Å²) in [4.78, 5) is 26.8. The molecule has 1 unspecified atom stereocenters. The number of hydrogen-bond acceptors (Lipinski definition) is 2. The summed E-state index contributed by atoms with van der Waals surface area (Å²) in [6.07, 6.45) is 1.70. The topological polar surface area (TPSA) is 40.6 Å². The van der Waals surface area contributed by atoms with Crippen molar-refractivity contribution in [3.05, 3.63) is 36.9 Å². The first-order valence-corrected chi connectivity index (χ1v) is 5.85. The van der Waals surface area contributed by atoms with Crippen molar-refractivity contribution >= 4 is 23.2 Å². The van der Waals surface area contributed by atoms with Gasteiger partial charge in [-0.25, -0.2) is 0 Å². The smallest absolute Gasteiger partial charge is 0.224 e. The molecule has 1 aromatic carbocycles. The van der Waals surface area contributed by atoms with Crippen LogP contribution in [0.5, 0.6) is 0 Å². The molecular formula is C14H16N2O2. The average molecular weight is 244 g/mol. The van der Waals surface area contributed by atoms with Crippen LogP contribution < -0.4 is 9.80 Å². The normalized spacial score (nSPS) is 18.2. The number of benzene rings is 1. The number of nitrogens with zero attached hydrogens (tertiary/aromatic N) is 2. The summed E-state index contributed by atoms with van der Waals surface area (Å²) < 4.78 is 0. The van der Waals surface area contributed by atoms with E-state index in [1.807, 2.05) is 24.3 Å². The minimum Gasteiger partial charge on any atom is -0.308 e. The second-order valence-corrected chi connectivity index (χ2v) is 4.31. The molecule has 4 heteroatoms. The minimum atomic E-state index is -0.179. The Morgan fingerprint density at radius 3 is 2.33 bits per heavy atom. The van der Waals surface area contributed by atoms with Crippen molar-refractivity contribution in [1.29, 1.82) is 0 Å². The zero-order valence-electron chi connectivity index (χ0n) is 10.6. The van der Waals surface area contributed by atoms with E-state index >= 15 is 0 Å². The van der Waals surface area contributed by atoms with Gasteiger partial charge in [0, 0.05) is 13.8 Å². The second-order valence-electron chi connectivity index (χ2n) is 4.31. The first-order chi connectivity index (χ1) is 8.56. The van der Waals surface area contributed by atoms with Crippen LogP contribution in [0.25, 0.3) is 0 Å². The van der Waals surface area contributed by atoms with E-state index in [2.05, 4.69) is 6.58 Å². The van der Waals surface area contributed by atoms with Crippen LogP contribution in [0.15, 0.2) is 36.9 Å². The molecule has 0 aromatic heterocycles. The van der Waals surface area contributed by atoms with Crippen LogP contribution in [-0.4, -0.2) is 24.4 Å². The predicted octanol–water partition coefficient (Wildman–Crippen LogP) is 1.96. The van der Waals surface area contributed by atoms with Crippen LogP contribution in [0.4, 0.5) is 11.4 Å². The number of hydrogen-bond donors (Lipinski definition) is 0. The van der Waals surface area contributed by atoms with Gasteiger partial charge in [-0.15, -0.1) is 6.58 Å². The Hall–Kier alpha value is -2.10. The zero-order valence-corrected chi connectivity index (χ0v) is 10.6. The maximum atomic E-state index is 11.8. The van der Waals surface area contributed by atoms with Crippen LogP contribution in [-0.2, 0) is 9.59 Å². The van der Waals surface area contributed by atoms with Gasteiger partial charge in [0.05, 0.1) is 24.0 Å². The molecule has 1 atom stereocenters. The molecule has 0 spiro atoms. The van der Waals surface area contributed by atoms with Gasteiger partial charge in [0.25, 0.3) is 0 Å². The van der Waals surface area contributed by atoms with Gasteiger partial charge in [-0.1, -0.05) is 18.2 Å². The summed E-state index contributed by atoms with van der Waals surface area (Å²) in [5, 5.41) is 0. The van der Waals surface area contributed by atoms with Gasteiger partial charge in [0.15, 0.2) is 0 Å². The predicted molar refractivity (Wildman–Crippen MR) is 71.6 cm³/mol. The molecule has 1 heterocycles. The van der Waals surface area contributed by atoms with Gasteiger partial charge in [-0.2, -0.15) is 0 Å². The van der Waals surface area contributed by atoms with Gasteiger partial charge >= 0.3 is 0 Å². The number of carbonyl (C=O) groups is 2. The summed E-state index contributed by atoms with van der Waals surface area (Å²) in [5.74, 6) is -0.0759. The molecule has 0 radical (unpaired) electrons. The third-order valence-electron chi connectivity index (χ3n) is 3.12. The second kappa shape index (κ2) is 4.64. The quantitative estimate of drug-likeness (QED) is 0.708. The molecule has 0 saturated carbocycles. The molecule has 2 rings (SSSR count). The van der Waals surface area contributed by atoms with E-state index in [0.29, 0.717) is 6.54 Å². The maximum absolute atomic E-state index is 11.8. The highest BCUT2D eigenvalue weighted by molar-refractivity contribution is 6.03. The first kappa shape index (κ1) is 12.4. The lowest BCUT2D eigenvalue weighted by Gasteiger charge is -2.40. The zero-order chi connectivity index (χ0) is 13.3. The number of carbonyl (C=O) groups excluding carboxylic acids is 2. The van der Waals surface area contributed by atoms with E-state index in [0.717, 1.165) is 11.4 Å². The largest absolute Gasteiger partial charge is 0.308 e. The molecule has 0 aliphatic carbocycles. The monoisotopic (exact) mass is 244 g/mol. The Bertz CT molecular complexity index is 510. The third-order valence-corrected chi connectivity index (χ3v) is 3.12. The number of anilines is 2. The van der Waals surface area contributed by atoms with E-state index < -0.39 is 0 Å². The third kappa shape index (κ3) is 1.90. The van der Waals surface area contributed by atoms with E-state index in [1.165, 1.54) is 13.8 Å². The highest BCUT2D eigenvalue weighted by Gasteiger charge is 2.32. The van der Waals surface area contributed by atoms with E-state index in [9.17, 15) is 9.59 Å². The van der Waals surface area contributed by atoms with Crippen LogP contribution in [0.1, 0.15) is 13.8 Å². The van der Waals surface area contributed by atoms with Crippen molar-refractivity contribution in [3.63, 3.8) is 0 Å². The molecule has 4 nitrogen and oxygen atoms in total. The molecular weight excluding hydrogens is 228 g/mol. The van der Waals surface area contributed by atoms with Gasteiger partial charge in [0.2, 0.25) is 11.8 Å². The minimum absolute atomic E-state index is 0.0301. The van der Waals surface area contributed by atoms with E-state index in [4.69, 9.17) is 0 Å². The number of rotatable bonds is 1. The molecule has 18 heavy (non-hydrogen) atoms. The lowest BCUT2D eigenvalue weighted by Crippen LogP contribution is -2.51. The summed E-state index contributed by atoms with van der Waals surface area (Å²) in [5.41, 5.74) is 1.54. The lowest BCUT2D eigenvalue weighted by molar-refractivity contribution is -0.118. The molecule has 1 aliphatic heterocycles. The van der Waals surface area contributed by atoms with Crippen molar-refractivity contribution in [2.24, 2.45) is 0 Å². The highest BCUT2D eigenvalue weighted by atomic mass is 16.2. The molecule has 0 bridgehead atoms. The number of fused-ring (bicyclic) bond motifs is 1. The lowest BCUT2D eigenvalue weighted by atomic mass is 10.1. The molecule has 94 valence electrons. The van der Waals surface area contributed by atoms with Crippen LogP contribution in [0.3, 0.4) is 0 Å². The molecule has 1 aromatic rings. The van der Waals surface area contributed by atoms with Gasteiger partial charge in [0.1, 0.15) is 0 Å². The Kier molecular flexibility index (Phi) is 3.19. The van der Waals surface area contributed by atoms with Crippen molar-refractivity contribution in [1.82, 2.24) is 0 Å². The Labute approximate surface area is 106 Å². The molecule has 0 N–H and O–H groups in total. The van der Waals surface area contributed by atoms with E-state index in [-0.39, 0.29) is 17.9 Å².